The van der Waals surface area contributed by atoms with E-state index in [-0.39, 0.29) is 11.3 Å². The number of halogens is 2. The molecule has 3 nitrogen and oxygen atoms in total. The molecule has 92 valence electrons. The number of Topliss-reactive ketones (excluding diaryl/α,β-unsaturated/α-hetero) is 1. The molecule has 1 amide bonds. The highest BCUT2D eigenvalue weighted by Gasteiger charge is 2.16. The van der Waals surface area contributed by atoms with Gasteiger partial charge in [-0.1, -0.05) is 6.07 Å². The SMILES string of the molecule is CC(=O)C(C)NC(=O)Cc1c(F)cccc1F. The number of hydrogen-bond acceptors (Lipinski definition) is 2. The Balaban J connectivity index is 2.72. The van der Waals surface area contributed by atoms with Gasteiger partial charge in [-0.3, -0.25) is 9.59 Å². The molecule has 0 bridgehead atoms. The van der Waals surface area contributed by atoms with Crippen molar-refractivity contribution < 1.29 is 18.4 Å². The topological polar surface area (TPSA) is 46.2 Å². The maximum absolute atomic E-state index is 13.2. The largest absolute Gasteiger partial charge is 0.346 e. The van der Waals surface area contributed by atoms with Crippen molar-refractivity contribution in [3.05, 3.63) is 35.4 Å². The fourth-order valence-corrected chi connectivity index (χ4v) is 1.26. The fourth-order valence-electron chi connectivity index (χ4n) is 1.26. The molecule has 0 aliphatic rings. The van der Waals surface area contributed by atoms with Crippen LogP contribution in [-0.4, -0.2) is 17.7 Å². The minimum absolute atomic E-state index is 0.215. The van der Waals surface area contributed by atoms with Gasteiger partial charge in [-0.05, 0) is 26.0 Å². The predicted molar refractivity (Wildman–Crippen MR) is 58.3 cm³/mol. The summed E-state index contributed by atoms with van der Waals surface area (Å²) < 4.78 is 26.4. The number of amides is 1. The summed E-state index contributed by atoms with van der Waals surface area (Å²) in [4.78, 5) is 22.3. The van der Waals surface area contributed by atoms with E-state index in [9.17, 15) is 18.4 Å². The second-order valence-electron chi connectivity index (χ2n) is 3.78. The van der Waals surface area contributed by atoms with E-state index in [4.69, 9.17) is 0 Å². The van der Waals surface area contributed by atoms with Gasteiger partial charge >= 0.3 is 0 Å². The first-order chi connectivity index (χ1) is 7.91. The lowest BCUT2D eigenvalue weighted by molar-refractivity contribution is -0.126. The average Bonchev–Trinajstić information content (AvgIpc) is 2.23. The number of carbonyl (C=O) groups excluding carboxylic acids is 2. The molecule has 0 radical (unpaired) electrons. The highest BCUT2D eigenvalue weighted by atomic mass is 19.1. The van der Waals surface area contributed by atoms with Crippen LogP contribution in [0.3, 0.4) is 0 Å². The maximum Gasteiger partial charge on any atom is 0.225 e. The van der Waals surface area contributed by atoms with E-state index < -0.39 is 30.0 Å². The Morgan fingerprint density at radius 1 is 1.29 bits per heavy atom. The quantitative estimate of drug-likeness (QED) is 0.870. The number of carbonyl (C=O) groups is 2. The van der Waals surface area contributed by atoms with E-state index in [1.807, 2.05) is 0 Å². The Morgan fingerprint density at radius 2 is 1.82 bits per heavy atom. The smallest absolute Gasteiger partial charge is 0.225 e. The van der Waals surface area contributed by atoms with Crippen molar-refractivity contribution in [3.8, 4) is 0 Å². The summed E-state index contributed by atoms with van der Waals surface area (Å²) >= 11 is 0. The van der Waals surface area contributed by atoms with Crippen LogP contribution in [0.4, 0.5) is 8.78 Å². The van der Waals surface area contributed by atoms with Gasteiger partial charge in [0.2, 0.25) is 5.91 Å². The summed E-state index contributed by atoms with van der Waals surface area (Å²) in [5.74, 6) is -2.34. The lowest BCUT2D eigenvalue weighted by Crippen LogP contribution is -2.38. The number of benzene rings is 1. The summed E-state index contributed by atoms with van der Waals surface area (Å²) in [7, 11) is 0. The summed E-state index contributed by atoms with van der Waals surface area (Å²) in [6.45, 7) is 2.84. The molecule has 1 unspecified atom stereocenters. The molecular weight excluding hydrogens is 228 g/mol. The molecule has 1 atom stereocenters. The lowest BCUT2D eigenvalue weighted by atomic mass is 10.1. The molecular formula is C12H13F2NO2. The standard InChI is InChI=1S/C12H13F2NO2/c1-7(8(2)16)15-12(17)6-9-10(13)4-3-5-11(9)14/h3-5,7H,6H2,1-2H3,(H,15,17). The second kappa shape index (κ2) is 5.52. The van der Waals surface area contributed by atoms with Gasteiger partial charge in [-0.15, -0.1) is 0 Å². The van der Waals surface area contributed by atoms with Crippen molar-refractivity contribution in [1.82, 2.24) is 5.32 Å². The van der Waals surface area contributed by atoms with Crippen LogP contribution in [0.2, 0.25) is 0 Å². The van der Waals surface area contributed by atoms with Crippen LogP contribution in [0.5, 0.6) is 0 Å². The molecule has 0 aromatic heterocycles. The molecule has 1 aromatic rings. The van der Waals surface area contributed by atoms with E-state index in [1.165, 1.54) is 19.9 Å². The van der Waals surface area contributed by atoms with Gasteiger partial charge in [-0.2, -0.15) is 0 Å². The van der Waals surface area contributed by atoms with E-state index in [2.05, 4.69) is 5.32 Å². The molecule has 0 aliphatic carbocycles. The zero-order chi connectivity index (χ0) is 13.0. The lowest BCUT2D eigenvalue weighted by Gasteiger charge is -2.11. The minimum Gasteiger partial charge on any atom is -0.346 e. The minimum atomic E-state index is -0.768. The van der Waals surface area contributed by atoms with Crippen molar-refractivity contribution in [1.29, 1.82) is 0 Å². The molecule has 0 aliphatic heterocycles. The first kappa shape index (κ1) is 13.3. The number of nitrogens with one attached hydrogen (secondary N) is 1. The first-order valence-corrected chi connectivity index (χ1v) is 5.14. The molecule has 1 N–H and O–H groups in total. The van der Waals surface area contributed by atoms with E-state index in [1.54, 1.807) is 0 Å². The first-order valence-electron chi connectivity index (χ1n) is 5.14. The molecule has 1 rings (SSSR count). The summed E-state index contributed by atoms with van der Waals surface area (Å²) in [5.41, 5.74) is -0.291. The highest BCUT2D eigenvalue weighted by molar-refractivity contribution is 5.87. The van der Waals surface area contributed by atoms with Crippen molar-refractivity contribution >= 4 is 11.7 Å². The summed E-state index contributed by atoms with van der Waals surface area (Å²) in [6, 6.07) is 2.74. The van der Waals surface area contributed by atoms with Gasteiger partial charge < -0.3 is 5.32 Å². The Hall–Kier alpha value is -1.78. The molecule has 0 fully saturated rings. The monoisotopic (exact) mass is 241 g/mol. The van der Waals surface area contributed by atoms with Gasteiger partial charge in [0.25, 0.3) is 0 Å². The van der Waals surface area contributed by atoms with Crippen LogP contribution in [0.15, 0.2) is 18.2 Å². The molecule has 0 heterocycles. The number of ketones is 1. The fraction of sp³-hybridized carbons (Fsp3) is 0.333. The van der Waals surface area contributed by atoms with Crippen LogP contribution < -0.4 is 5.32 Å². The Morgan fingerprint density at radius 3 is 2.29 bits per heavy atom. The predicted octanol–water partition coefficient (Wildman–Crippen LogP) is 1.60. The van der Waals surface area contributed by atoms with Gasteiger partial charge in [0.1, 0.15) is 11.6 Å². The number of hydrogen-bond donors (Lipinski definition) is 1. The van der Waals surface area contributed by atoms with E-state index in [0.717, 1.165) is 12.1 Å². The Kier molecular flexibility index (Phi) is 4.31. The maximum atomic E-state index is 13.2. The van der Waals surface area contributed by atoms with E-state index >= 15 is 0 Å². The molecule has 0 saturated carbocycles. The molecule has 5 heteroatoms. The van der Waals surface area contributed by atoms with Crippen molar-refractivity contribution in [2.75, 3.05) is 0 Å². The van der Waals surface area contributed by atoms with Gasteiger partial charge in [0.05, 0.1) is 12.5 Å². The molecule has 1 aromatic carbocycles. The Labute approximate surface area is 97.8 Å². The van der Waals surface area contributed by atoms with Crippen LogP contribution >= 0.6 is 0 Å². The van der Waals surface area contributed by atoms with Gasteiger partial charge in [0.15, 0.2) is 5.78 Å². The number of rotatable bonds is 4. The van der Waals surface area contributed by atoms with Crippen LogP contribution in [0, 0.1) is 11.6 Å². The van der Waals surface area contributed by atoms with Crippen LogP contribution in [0.1, 0.15) is 19.4 Å². The third-order valence-corrected chi connectivity index (χ3v) is 2.39. The summed E-state index contributed by atoms with van der Waals surface area (Å²) in [6.07, 6.45) is -0.421. The van der Waals surface area contributed by atoms with Gasteiger partial charge in [0, 0.05) is 5.56 Å². The van der Waals surface area contributed by atoms with Crippen molar-refractivity contribution in [2.45, 2.75) is 26.3 Å². The van der Waals surface area contributed by atoms with Crippen LogP contribution in [-0.2, 0) is 16.0 Å². The third-order valence-electron chi connectivity index (χ3n) is 2.39. The van der Waals surface area contributed by atoms with Gasteiger partial charge in [-0.25, -0.2) is 8.78 Å². The Bertz CT molecular complexity index is 426. The van der Waals surface area contributed by atoms with E-state index in [0.29, 0.717) is 0 Å². The molecule has 0 spiro atoms. The summed E-state index contributed by atoms with van der Waals surface area (Å²) in [5, 5.41) is 2.36. The zero-order valence-corrected chi connectivity index (χ0v) is 9.59. The highest BCUT2D eigenvalue weighted by Crippen LogP contribution is 2.12. The second-order valence-corrected chi connectivity index (χ2v) is 3.78. The van der Waals surface area contributed by atoms with Crippen LogP contribution in [0.25, 0.3) is 0 Å². The van der Waals surface area contributed by atoms with Crippen molar-refractivity contribution in [2.24, 2.45) is 0 Å². The van der Waals surface area contributed by atoms with Crippen molar-refractivity contribution in [3.63, 3.8) is 0 Å². The zero-order valence-electron chi connectivity index (χ0n) is 9.59. The molecule has 0 saturated heterocycles. The normalized spacial score (nSPS) is 12.0. The average molecular weight is 241 g/mol. The third kappa shape index (κ3) is 3.62. The molecule has 17 heavy (non-hydrogen) atoms.